The first-order valence-corrected chi connectivity index (χ1v) is 6.27. The molecule has 3 rings (SSSR count). The van der Waals surface area contributed by atoms with E-state index in [9.17, 15) is 18.7 Å². The summed E-state index contributed by atoms with van der Waals surface area (Å²) < 4.78 is 27.6. The molecule has 0 aliphatic heterocycles. The highest BCUT2D eigenvalue weighted by Crippen LogP contribution is 2.25. The fourth-order valence-corrected chi connectivity index (χ4v) is 2.08. The fraction of sp³-hybridized carbons (Fsp3) is 0. The largest absolute Gasteiger partial charge is 0.476 e. The summed E-state index contributed by atoms with van der Waals surface area (Å²) in [6.45, 7) is 0. The zero-order valence-electron chi connectivity index (χ0n) is 11.1. The van der Waals surface area contributed by atoms with Crippen molar-refractivity contribution in [3.8, 4) is 16.9 Å². The number of halogens is 2. The standard InChI is InChI=1S/C15H9F2N3O2/c16-10-6-4-9(5-7-10)14-13(15(21)22)18-19-20(14)12-3-1-2-11(17)8-12/h1-8H,(H,21,22). The predicted molar refractivity (Wildman–Crippen MR) is 73.7 cm³/mol. The third kappa shape index (κ3) is 2.44. The van der Waals surface area contributed by atoms with Gasteiger partial charge in [-0.05, 0) is 42.5 Å². The zero-order chi connectivity index (χ0) is 15.7. The highest BCUT2D eigenvalue weighted by atomic mass is 19.1. The summed E-state index contributed by atoms with van der Waals surface area (Å²) in [5, 5.41) is 16.6. The van der Waals surface area contributed by atoms with Crippen LogP contribution in [0.25, 0.3) is 16.9 Å². The summed E-state index contributed by atoms with van der Waals surface area (Å²) in [4.78, 5) is 11.3. The first-order valence-electron chi connectivity index (χ1n) is 6.27. The molecule has 0 atom stereocenters. The van der Waals surface area contributed by atoms with Gasteiger partial charge in [0.05, 0.1) is 5.69 Å². The number of nitrogens with zero attached hydrogens (tertiary/aromatic N) is 3. The minimum absolute atomic E-state index is 0.151. The van der Waals surface area contributed by atoms with Gasteiger partial charge in [0.15, 0.2) is 5.69 Å². The van der Waals surface area contributed by atoms with Gasteiger partial charge in [0.25, 0.3) is 0 Å². The third-order valence-corrected chi connectivity index (χ3v) is 3.04. The molecule has 22 heavy (non-hydrogen) atoms. The highest BCUT2D eigenvalue weighted by Gasteiger charge is 2.21. The van der Waals surface area contributed by atoms with Crippen molar-refractivity contribution in [2.45, 2.75) is 0 Å². The van der Waals surface area contributed by atoms with E-state index in [2.05, 4.69) is 10.3 Å². The lowest BCUT2D eigenvalue weighted by atomic mass is 10.1. The predicted octanol–water partition coefficient (Wildman–Crippen LogP) is 2.91. The molecule has 3 aromatic rings. The number of carboxylic acid groups (broad SMARTS) is 1. The summed E-state index contributed by atoms with van der Waals surface area (Å²) >= 11 is 0. The third-order valence-electron chi connectivity index (χ3n) is 3.04. The van der Waals surface area contributed by atoms with Gasteiger partial charge >= 0.3 is 5.97 Å². The smallest absolute Gasteiger partial charge is 0.358 e. The molecule has 0 radical (unpaired) electrons. The van der Waals surface area contributed by atoms with Crippen LogP contribution in [-0.4, -0.2) is 26.1 Å². The van der Waals surface area contributed by atoms with Crippen molar-refractivity contribution in [1.29, 1.82) is 0 Å². The molecule has 1 N–H and O–H groups in total. The number of benzene rings is 2. The number of carbonyl (C=O) groups is 1. The van der Waals surface area contributed by atoms with Crippen molar-refractivity contribution in [1.82, 2.24) is 15.0 Å². The average molecular weight is 301 g/mol. The van der Waals surface area contributed by atoms with Crippen molar-refractivity contribution in [3.63, 3.8) is 0 Å². The van der Waals surface area contributed by atoms with Gasteiger partial charge in [0, 0.05) is 5.56 Å². The summed E-state index contributed by atoms with van der Waals surface area (Å²) in [5.41, 5.74) is 0.585. The first kappa shape index (κ1) is 13.9. The molecular weight excluding hydrogens is 292 g/mol. The van der Waals surface area contributed by atoms with Crippen molar-refractivity contribution >= 4 is 5.97 Å². The fourth-order valence-electron chi connectivity index (χ4n) is 2.08. The van der Waals surface area contributed by atoms with Crippen LogP contribution in [0.1, 0.15) is 10.5 Å². The maximum absolute atomic E-state index is 13.4. The maximum Gasteiger partial charge on any atom is 0.358 e. The van der Waals surface area contributed by atoms with E-state index in [1.807, 2.05) is 0 Å². The molecule has 2 aromatic carbocycles. The van der Waals surface area contributed by atoms with E-state index in [-0.39, 0.29) is 11.4 Å². The van der Waals surface area contributed by atoms with Crippen molar-refractivity contribution in [2.75, 3.05) is 0 Å². The number of hydrogen-bond acceptors (Lipinski definition) is 3. The van der Waals surface area contributed by atoms with Crippen molar-refractivity contribution in [3.05, 3.63) is 65.9 Å². The monoisotopic (exact) mass is 301 g/mol. The summed E-state index contributed by atoms with van der Waals surface area (Å²) in [7, 11) is 0. The molecule has 1 aromatic heterocycles. The quantitative estimate of drug-likeness (QED) is 0.807. The van der Waals surface area contributed by atoms with E-state index in [1.165, 1.54) is 47.1 Å². The van der Waals surface area contributed by atoms with E-state index < -0.39 is 17.6 Å². The van der Waals surface area contributed by atoms with Gasteiger partial charge < -0.3 is 5.11 Å². The molecular formula is C15H9F2N3O2. The van der Waals surface area contributed by atoms with Crippen LogP contribution in [0.15, 0.2) is 48.5 Å². The minimum atomic E-state index is -1.28. The highest BCUT2D eigenvalue weighted by molar-refractivity contribution is 5.93. The molecule has 0 fully saturated rings. The Labute approximate surface area is 123 Å². The van der Waals surface area contributed by atoms with E-state index in [0.29, 0.717) is 11.3 Å². The Morgan fingerprint density at radius 2 is 1.77 bits per heavy atom. The van der Waals surface area contributed by atoms with Crippen molar-refractivity contribution < 1.29 is 18.7 Å². The van der Waals surface area contributed by atoms with Gasteiger partial charge in [-0.3, -0.25) is 0 Å². The molecule has 0 unspecified atom stereocenters. The van der Waals surface area contributed by atoms with Gasteiger partial charge in [-0.1, -0.05) is 11.3 Å². The first-order chi connectivity index (χ1) is 10.6. The molecule has 0 spiro atoms. The van der Waals surface area contributed by atoms with Crippen LogP contribution in [-0.2, 0) is 0 Å². The van der Waals surface area contributed by atoms with Crippen LogP contribution in [0.5, 0.6) is 0 Å². The van der Waals surface area contributed by atoms with Gasteiger partial charge in [-0.2, -0.15) is 0 Å². The summed E-state index contributed by atoms with van der Waals surface area (Å²) in [6, 6.07) is 10.7. The lowest BCUT2D eigenvalue weighted by Gasteiger charge is -2.07. The molecule has 7 heteroatoms. The van der Waals surface area contributed by atoms with E-state index in [4.69, 9.17) is 0 Å². The zero-order valence-corrected chi connectivity index (χ0v) is 11.1. The lowest BCUT2D eigenvalue weighted by molar-refractivity contribution is 0.0691. The number of rotatable bonds is 3. The van der Waals surface area contributed by atoms with Gasteiger partial charge in [-0.15, -0.1) is 5.10 Å². The van der Waals surface area contributed by atoms with Gasteiger partial charge in [0.2, 0.25) is 0 Å². The molecule has 0 saturated carbocycles. The molecule has 0 aliphatic rings. The Balaban J connectivity index is 2.24. The Kier molecular flexibility index (Phi) is 3.38. The SMILES string of the molecule is O=C(O)c1nnn(-c2cccc(F)c2)c1-c1ccc(F)cc1. The molecule has 0 saturated heterocycles. The second-order valence-corrected chi connectivity index (χ2v) is 4.49. The van der Waals surface area contributed by atoms with Crippen LogP contribution in [0.3, 0.4) is 0 Å². The molecule has 110 valence electrons. The number of aromatic nitrogens is 3. The van der Waals surface area contributed by atoms with Crippen LogP contribution >= 0.6 is 0 Å². The van der Waals surface area contributed by atoms with E-state index in [1.54, 1.807) is 6.07 Å². The van der Waals surface area contributed by atoms with Crippen LogP contribution in [0, 0.1) is 11.6 Å². The molecule has 0 aliphatic carbocycles. The number of aromatic carboxylic acids is 1. The van der Waals surface area contributed by atoms with E-state index in [0.717, 1.165) is 0 Å². The van der Waals surface area contributed by atoms with Crippen molar-refractivity contribution in [2.24, 2.45) is 0 Å². The Morgan fingerprint density at radius 3 is 2.41 bits per heavy atom. The van der Waals surface area contributed by atoms with Gasteiger partial charge in [0.1, 0.15) is 17.3 Å². The summed E-state index contributed by atoms with van der Waals surface area (Å²) in [6.07, 6.45) is 0. The van der Waals surface area contributed by atoms with Crippen LogP contribution in [0.4, 0.5) is 8.78 Å². The van der Waals surface area contributed by atoms with Crippen LogP contribution in [0.2, 0.25) is 0 Å². The number of carboxylic acids is 1. The number of hydrogen-bond donors (Lipinski definition) is 1. The topological polar surface area (TPSA) is 68.0 Å². The van der Waals surface area contributed by atoms with Gasteiger partial charge in [-0.25, -0.2) is 18.3 Å². The Hall–Kier alpha value is -3.09. The summed E-state index contributed by atoms with van der Waals surface area (Å²) in [5.74, 6) is -2.22. The Bertz CT molecular complexity index is 844. The maximum atomic E-state index is 13.4. The second-order valence-electron chi connectivity index (χ2n) is 4.49. The second kappa shape index (κ2) is 5.36. The average Bonchev–Trinajstić information content (AvgIpc) is 2.93. The molecule has 0 amide bonds. The van der Waals surface area contributed by atoms with E-state index >= 15 is 0 Å². The van der Waals surface area contributed by atoms with Crippen LogP contribution < -0.4 is 0 Å². The Morgan fingerprint density at radius 1 is 1.05 bits per heavy atom. The normalized spacial score (nSPS) is 10.6. The minimum Gasteiger partial charge on any atom is -0.476 e. The molecule has 1 heterocycles. The lowest BCUT2D eigenvalue weighted by Crippen LogP contribution is -2.03. The molecule has 0 bridgehead atoms. The molecule has 5 nitrogen and oxygen atoms in total.